The molecule has 0 bridgehead atoms. The van der Waals surface area contributed by atoms with E-state index in [9.17, 15) is 4.79 Å². The van der Waals surface area contributed by atoms with E-state index >= 15 is 0 Å². The molecule has 0 saturated carbocycles. The molecular weight excluding hydrogens is 278 g/mol. The van der Waals surface area contributed by atoms with Crippen LogP contribution < -0.4 is 10.6 Å². The molecule has 2 N–H and O–H groups in total. The number of nitrogens with zero attached hydrogens (tertiary/aromatic N) is 1. The first-order chi connectivity index (χ1) is 9.34. The molecule has 0 aromatic rings. The lowest BCUT2D eigenvalue weighted by molar-refractivity contribution is 0.220. The van der Waals surface area contributed by atoms with Crippen LogP contribution in [0.25, 0.3) is 0 Å². The van der Waals surface area contributed by atoms with Gasteiger partial charge in [0.2, 0.25) is 0 Å². The van der Waals surface area contributed by atoms with Crippen molar-refractivity contribution in [3.63, 3.8) is 0 Å². The van der Waals surface area contributed by atoms with E-state index < -0.39 is 0 Å². The molecule has 0 aromatic heterocycles. The van der Waals surface area contributed by atoms with Crippen molar-refractivity contribution in [3.8, 4) is 0 Å². The SMILES string of the molecule is O=C(NCCN1CCCCC1)NCC1CSCCS1. The Morgan fingerprint density at radius 1 is 1.16 bits per heavy atom. The highest BCUT2D eigenvalue weighted by molar-refractivity contribution is 8.06. The summed E-state index contributed by atoms with van der Waals surface area (Å²) >= 11 is 3.97. The first kappa shape index (κ1) is 15.3. The number of piperidine rings is 1. The average molecular weight is 303 g/mol. The van der Waals surface area contributed by atoms with Gasteiger partial charge >= 0.3 is 6.03 Å². The Bertz CT molecular complexity index is 267. The van der Waals surface area contributed by atoms with E-state index in [1.54, 1.807) is 0 Å². The lowest BCUT2D eigenvalue weighted by Gasteiger charge is -2.26. The second-order valence-electron chi connectivity index (χ2n) is 5.11. The second kappa shape index (κ2) is 8.97. The summed E-state index contributed by atoms with van der Waals surface area (Å²) in [5.41, 5.74) is 0. The molecule has 2 aliphatic rings. The molecule has 0 aliphatic carbocycles. The smallest absolute Gasteiger partial charge is 0.314 e. The molecule has 2 saturated heterocycles. The van der Waals surface area contributed by atoms with Crippen molar-refractivity contribution in [3.05, 3.63) is 0 Å². The Balaban J connectivity index is 1.49. The van der Waals surface area contributed by atoms with Crippen LogP contribution in [0.4, 0.5) is 4.79 Å². The van der Waals surface area contributed by atoms with E-state index in [2.05, 4.69) is 15.5 Å². The number of carbonyl (C=O) groups is 1. The quantitative estimate of drug-likeness (QED) is 0.810. The number of urea groups is 1. The molecular formula is C13H25N3OS2. The summed E-state index contributed by atoms with van der Waals surface area (Å²) in [7, 11) is 0. The normalized spacial score (nSPS) is 24.9. The molecule has 2 fully saturated rings. The molecule has 1 unspecified atom stereocenters. The minimum absolute atomic E-state index is 0.00631. The maximum absolute atomic E-state index is 11.7. The summed E-state index contributed by atoms with van der Waals surface area (Å²) < 4.78 is 0. The van der Waals surface area contributed by atoms with Crippen molar-refractivity contribution in [2.75, 3.05) is 50.0 Å². The first-order valence-electron chi connectivity index (χ1n) is 7.28. The third-order valence-electron chi connectivity index (χ3n) is 3.54. The van der Waals surface area contributed by atoms with E-state index in [-0.39, 0.29) is 6.03 Å². The van der Waals surface area contributed by atoms with Crippen LogP contribution in [0.15, 0.2) is 0 Å². The number of likely N-dealkylation sites (tertiary alicyclic amines) is 1. The molecule has 6 heteroatoms. The van der Waals surface area contributed by atoms with Gasteiger partial charge in [-0.05, 0) is 25.9 Å². The van der Waals surface area contributed by atoms with Gasteiger partial charge in [0.05, 0.1) is 0 Å². The van der Waals surface area contributed by atoms with Gasteiger partial charge in [-0.15, -0.1) is 0 Å². The molecule has 2 heterocycles. The fraction of sp³-hybridized carbons (Fsp3) is 0.923. The molecule has 2 aliphatic heterocycles. The third-order valence-corrected chi connectivity index (χ3v) is 6.38. The number of nitrogens with one attached hydrogen (secondary N) is 2. The van der Waals surface area contributed by atoms with Gasteiger partial charge in [0.1, 0.15) is 0 Å². The number of hydrogen-bond acceptors (Lipinski definition) is 4. The Kier molecular flexibility index (Phi) is 7.24. The zero-order valence-electron chi connectivity index (χ0n) is 11.5. The van der Waals surface area contributed by atoms with Gasteiger partial charge in [0.15, 0.2) is 0 Å². The number of rotatable bonds is 5. The highest BCUT2D eigenvalue weighted by Gasteiger charge is 2.15. The van der Waals surface area contributed by atoms with Gasteiger partial charge in [-0.1, -0.05) is 6.42 Å². The van der Waals surface area contributed by atoms with Crippen LogP contribution in [0.5, 0.6) is 0 Å². The molecule has 2 amide bonds. The predicted molar refractivity (Wildman–Crippen MR) is 85.3 cm³/mol. The largest absolute Gasteiger partial charge is 0.337 e. The molecule has 1 atom stereocenters. The van der Waals surface area contributed by atoms with Crippen molar-refractivity contribution < 1.29 is 4.79 Å². The number of carbonyl (C=O) groups excluding carboxylic acids is 1. The summed E-state index contributed by atoms with van der Waals surface area (Å²) in [4.78, 5) is 14.1. The van der Waals surface area contributed by atoms with Gasteiger partial charge < -0.3 is 15.5 Å². The van der Waals surface area contributed by atoms with E-state index in [1.165, 1.54) is 49.6 Å². The maximum Gasteiger partial charge on any atom is 0.314 e. The van der Waals surface area contributed by atoms with E-state index in [0.29, 0.717) is 5.25 Å². The third kappa shape index (κ3) is 6.27. The molecule has 2 rings (SSSR count). The average Bonchev–Trinajstić information content (AvgIpc) is 2.47. The highest BCUT2D eigenvalue weighted by Crippen LogP contribution is 2.23. The summed E-state index contributed by atoms with van der Waals surface area (Å²) in [5, 5.41) is 6.54. The number of amides is 2. The zero-order valence-corrected chi connectivity index (χ0v) is 13.2. The van der Waals surface area contributed by atoms with E-state index in [4.69, 9.17) is 0 Å². The Morgan fingerprint density at radius 3 is 2.74 bits per heavy atom. The van der Waals surface area contributed by atoms with Gasteiger partial charge in [-0.3, -0.25) is 0 Å². The molecule has 0 aromatic carbocycles. The van der Waals surface area contributed by atoms with Crippen molar-refractivity contribution in [2.24, 2.45) is 0 Å². The fourth-order valence-electron chi connectivity index (χ4n) is 2.43. The summed E-state index contributed by atoms with van der Waals surface area (Å²) in [6.45, 7) is 4.94. The topological polar surface area (TPSA) is 44.4 Å². The summed E-state index contributed by atoms with van der Waals surface area (Å²) in [5.74, 6) is 3.63. The molecule has 0 spiro atoms. The van der Waals surface area contributed by atoms with Crippen molar-refractivity contribution in [1.82, 2.24) is 15.5 Å². The van der Waals surface area contributed by atoms with E-state index in [1.807, 2.05) is 23.5 Å². The maximum atomic E-state index is 11.7. The van der Waals surface area contributed by atoms with Gasteiger partial charge in [-0.2, -0.15) is 23.5 Å². The van der Waals surface area contributed by atoms with Crippen LogP contribution in [0.1, 0.15) is 19.3 Å². The van der Waals surface area contributed by atoms with Gasteiger partial charge in [-0.25, -0.2) is 4.79 Å². The lowest BCUT2D eigenvalue weighted by Crippen LogP contribution is -2.43. The second-order valence-corrected chi connectivity index (χ2v) is 7.66. The van der Waals surface area contributed by atoms with Crippen LogP contribution in [0.2, 0.25) is 0 Å². The van der Waals surface area contributed by atoms with Crippen LogP contribution in [-0.2, 0) is 0 Å². The van der Waals surface area contributed by atoms with E-state index in [0.717, 1.165) is 19.6 Å². The monoisotopic (exact) mass is 303 g/mol. The molecule has 19 heavy (non-hydrogen) atoms. The Morgan fingerprint density at radius 2 is 2.00 bits per heavy atom. The highest BCUT2D eigenvalue weighted by atomic mass is 32.2. The Labute approximate surface area is 124 Å². The number of thioether (sulfide) groups is 2. The summed E-state index contributed by atoms with van der Waals surface area (Å²) in [6, 6.07) is -0.00631. The van der Waals surface area contributed by atoms with Crippen molar-refractivity contribution >= 4 is 29.6 Å². The molecule has 0 radical (unpaired) electrons. The van der Waals surface area contributed by atoms with Crippen LogP contribution in [0.3, 0.4) is 0 Å². The van der Waals surface area contributed by atoms with Crippen LogP contribution in [0, 0.1) is 0 Å². The van der Waals surface area contributed by atoms with Gasteiger partial charge in [0, 0.05) is 42.1 Å². The Hall–Kier alpha value is -0.0700. The lowest BCUT2D eigenvalue weighted by atomic mass is 10.1. The summed E-state index contributed by atoms with van der Waals surface area (Å²) in [6.07, 6.45) is 3.98. The standard InChI is InChI=1S/C13H25N3OS2/c17-13(15-10-12-11-18-8-9-19-12)14-4-7-16-5-2-1-3-6-16/h12H,1-11H2,(H2,14,15,17). The predicted octanol–water partition coefficient (Wildman–Crippen LogP) is 1.62. The first-order valence-corrected chi connectivity index (χ1v) is 9.48. The number of hydrogen-bond donors (Lipinski definition) is 2. The van der Waals surface area contributed by atoms with Crippen molar-refractivity contribution in [1.29, 1.82) is 0 Å². The minimum Gasteiger partial charge on any atom is -0.337 e. The van der Waals surface area contributed by atoms with Gasteiger partial charge in [0.25, 0.3) is 0 Å². The fourth-order valence-corrected chi connectivity index (χ4v) is 5.05. The minimum atomic E-state index is -0.00631. The van der Waals surface area contributed by atoms with Crippen LogP contribution in [-0.4, -0.2) is 66.2 Å². The van der Waals surface area contributed by atoms with Crippen LogP contribution >= 0.6 is 23.5 Å². The molecule has 110 valence electrons. The molecule has 4 nitrogen and oxygen atoms in total. The van der Waals surface area contributed by atoms with Crippen molar-refractivity contribution in [2.45, 2.75) is 24.5 Å². The zero-order chi connectivity index (χ0) is 13.3.